The molecule has 0 unspecified atom stereocenters. The Labute approximate surface area is 192 Å². The van der Waals surface area contributed by atoms with Crippen LogP contribution in [0.5, 0.6) is 5.75 Å². The van der Waals surface area contributed by atoms with Crippen molar-refractivity contribution in [2.24, 2.45) is 0 Å². The Balaban J connectivity index is 1.45. The van der Waals surface area contributed by atoms with Gasteiger partial charge < -0.3 is 9.84 Å². The van der Waals surface area contributed by atoms with Crippen LogP contribution in [0.3, 0.4) is 0 Å². The summed E-state index contributed by atoms with van der Waals surface area (Å²) < 4.78 is 6.05. The van der Waals surface area contributed by atoms with Gasteiger partial charge in [-0.2, -0.15) is 0 Å². The Hall–Kier alpha value is -2.80. The SMILES string of the molecule is O=C(O)CCCCCCCCCCOc1ccc(C=C2SC(=O)NC2=O)c2ccccc12. The maximum Gasteiger partial charge on any atom is 0.303 e. The van der Waals surface area contributed by atoms with Crippen LogP contribution in [0.4, 0.5) is 4.79 Å². The maximum absolute atomic E-state index is 11.9. The lowest BCUT2D eigenvalue weighted by Gasteiger charge is -2.11. The number of fused-ring (bicyclic) bond motifs is 1. The first-order valence-corrected chi connectivity index (χ1v) is 12.0. The van der Waals surface area contributed by atoms with Gasteiger partial charge in [0.15, 0.2) is 0 Å². The third-order valence-corrected chi connectivity index (χ3v) is 6.20. The van der Waals surface area contributed by atoms with E-state index in [1.165, 1.54) is 6.42 Å². The van der Waals surface area contributed by atoms with Crippen LogP contribution in [-0.2, 0) is 9.59 Å². The summed E-state index contributed by atoms with van der Waals surface area (Å²) in [6.07, 6.45) is 10.5. The highest BCUT2D eigenvalue weighted by molar-refractivity contribution is 8.18. The van der Waals surface area contributed by atoms with Gasteiger partial charge in [0.05, 0.1) is 11.5 Å². The van der Waals surface area contributed by atoms with Crippen LogP contribution in [0.25, 0.3) is 16.8 Å². The zero-order valence-electron chi connectivity index (χ0n) is 18.1. The molecule has 1 fully saturated rings. The Morgan fingerprint density at radius 2 is 1.56 bits per heavy atom. The van der Waals surface area contributed by atoms with Crippen molar-refractivity contribution in [3.63, 3.8) is 0 Å². The number of hydrogen-bond acceptors (Lipinski definition) is 5. The second-order valence-corrected chi connectivity index (χ2v) is 8.89. The molecule has 170 valence electrons. The van der Waals surface area contributed by atoms with Crippen molar-refractivity contribution in [3.05, 3.63) is 46.9 Å². The molecule has 2 aromatic carbocycles. The first-order valence-electron chi connectivity index (χ1n) is 11.2. The highest BCUT2D eigenvalue weighted by Crippen LogP contribution is 2.32. The number of hydrogen-bond donors (Lipinski definition) is 2. The number of carbonyl (C=O) groups is 3. The molecule has 0 atom stereocenters. The predicted octanol–water partition coefficient (Wildman–Crippen LogP) is 6.14. The van der Waals surface area contributed by atoms with Crippen molar-refractivity contribution in [2.45, 2.75) is 57.8 Å². The van der Waals surface area contributed by atoms with E-state index in [1.54, 1.807) is 6.08 Å². The third-order valence-electron chi connectivity index (χ3n) is 5.39. The van der Waals surface area contributed by atoms with Gasteiger partial charge in [0, 0.05) is 11.8 Å². The van der Waals surface area contributed by atoms with Crippen LogP contribution < -0.4 is 10.1 Å². The fraction of sp³-hybridized carbons (Fsp3) is 0.400. The van der Waals surface area contributed by atoms with E-state index in [4.69, 9.17) is 9.84 Å². The van der Waals surface area contributed by atoms with Crippen LogP contribution >= 0.6 is 11.8 Å². The number of aliphatic carboxylic acids is 1. The Morgan fingerprint density at radius 3 is 2.22 bits per heavy atom. The molecule has 1 aliphatic rings. The number of nitrogens with one attached hydrogen (secondary N) is 1. The number of thioether (sulfide) groups is 1. The highest BCUT2D eigenvalue weighted by Gasteiger charge is 2.25. The first kappa shape index (κ1) is 23.9. The van der Waals surface area contributed by atoms with E-state index in [0.29, 0.717) is 11.5 Å². The second-order valence-electron chi connectivity index (χ2n) is 7.87. The summed E-state index contributed by atoms with van der Waals surface area (Å²) in [5, 5.41) is 12.5. The lowest BCUT2D eigenvalue weighted by Crippen LogP contribution is -2.17. The van der Waals surface area contributed by atoms with Gasteiger partial charge >= 0.3 is 5.97 Å². The minimum atomic E-state index is -0.707. The molecule has 2 aromatic rings. The summed E-state index contributed by atoms with van der Waals surface area (Å²) in [6, 6.07) is 11.7. The fourth-order valence-corrected chi connectivity index (χ4v) is 4.40. The molecule has 0 radical (unpaired) electrons. The van der Waals surface area contributed by atoms with Gasteiger partial charge in [0.1, 0.15) is 5.75 Å². The van der Waals surface area contributed by atoms with E-state index in [2.05, 4.69) is 5.32 Å². The van der Waals surface area contributed by atoms with Crippen molar-refractivity contribution in [2.75, 3.05) is 6.61 Å². The number of unbranched alkanes of at least 4 members (excludes halogenated alkanes) is 7. The molecule has 0 aliphatic carbocycles. The zero-order valence-corrected chi connectivity index (χ0v) is 18.9. The third kappa shape index (κ3) is 7.12. The van der Waals surface area contributed by atoms with Gasteiger partial charge in [0.25, 0.3) is 11.1 Å². The van der Waals surface area contributed by atoms with Crippen molar-refractivity contribution in [1.29, 1.82) is 0 Å². The molecule has 7 heteroatoms. The lowest BCUT2D eigenvalue weighted by molar-refractivity contribution is -0.137. The molecule has 32 heavy (non-hydrogen) atoms. The molecule has 2 amide bonds. The van der Waals surface area contributed by atoms with E-state index in [-0.39, 0.29) is 17.6 Å². The summed E-state index contributed by atoms with van der Waals surface area (Å²) in [4.78, 5) is 34.2. The number of carboxylic acid groups (broad SMARTS) is 1. The minimum Gasteiger partial charge on any atom is -0.493 e. The van der Waals surface area contributed by atoms with E-state index in [1.807, 2.05) is 36.4 Å². The van der Waals surface area contributed by atoms with Crippen molar-refractivity contribution in [3.8, 4) is 5.75 Å². The zero-order chi connectivity index (χ0) is 22.8. The minimum absolute atomic E-state index is 0.276. The largest absolute Gasteiger partial charge is 0.493 e. The topological polar surface area (TPSA) is 92.7 Å². The lowest BCUT2D eigenvalue weighted by atomic mass is 10.0. The second kappa shape index (κ2) is 12.3. The average Bonchev–Trinajstić information content (AvgIpc) is 3.09. The monoisotopic (exact) mass is 455 g/mol. The number of imide groups is 1. The van der Waals surface area contributed by atoms with E-state index in [9.17, 15) is 14.4 Å². The van der Waals surface area contributed by atoms with Gasteiger partial charge in [-0.25, -0.2) is 0 Å². The number of ether oxygens (including phenoxy) is 1. The van der Waals surface area contributed by atoms with Gasteiger partial charge in [-0.3, -0.25) is 19.7 Å². The molecule has 1 aliphatic heterocycles. The molecular formula is C25H29NO5S. The Bertz CT molecular complexity index is 1000. The summed E-state index contributed by atoms with van der Waals surface area (Å²) >= 11 is 0.918. The first-order chi connectivity index (χ1) is 15.5. The van der Waals surface area contributed by atoms with Crippen LogP contribution in [0.2, 0.25) is 0 Å². The van der Waals surface area contributed by atoms with E-state index < -0.39 is 5.97 Å². The van der Waals surface area contributed by atoms with Crippen LogP contribution in [0.1, 0.15) is 63.4 Å². The molecule has 3 rings (SSSR count). The van der Waals surface area contributed by atoms with Crippen LogP contribution in [0, 0.1) is 0 Å². The fourth-order valence-electron chi connectivity index (χ4n) is 3.73. The normalized spacial score (nSPS) is 14.8. The Kier molecular flexibility index (Phi) is 9.16. The van der Waals surface area contributed by atoms with Gasteiger partial charge in [-0.05, 0) is 47.7 Å². The molecule has 0 saturated carbocycles. The maximum atomic E-state index is 11.9. The van der Waals surface area contributed by atoms with Gasteiger partial charge in [-0.15, -0.1) is 0 Å². The van der Waals surface area contributed by atoms with Crippen molar-refractivity contribution < 1.29 is 24.2 Å². The van der Waals surface area contributed by atoms with Gasteiger partial charge in [0.2, 0.25) is 0 Å². The summed E-state index contributed by atoms with van der Waals surface area (Å²) in [6.45, 7) is 0.649. The predicted molar refractivity (Wildman–Crippen MR) is 128 cm³/mol. The number of carboxylic acids is 1. The molecule has 0 spiro atoms. The highest BCUT2D eigenvalue weighted by atomic mass is 32.2. The number of rotatable bonds is 13. The molecule has 6 nitrogen and oxygen atoms in total. The Morgan fingerprint density at radius 1 is 0.906 bits per heavy atom. The van der Waals surface area contributed by atoms with Crippen molar-refractivity contribution >= 4 is 45.7 Å². The van der Waals surface area contributed by atoms with Crippen LogP contribution in [-0.4, -0.2) is 28.8 Å². The standard InChI is InChI=1S/C25H29NO5S/c27-23(28)13-7-5-3-1-2-4-6-10-16-31-21-15-14-18(19-11-8-9-12-20(19)21)17-22-24(29)26-25(30)32-22/h8-9,11-12,14-15,17H,1-7,10,13,16H2,(H,27,28)(H,26,29,30). The smallest absolute Gasteiger partial charge is 0.303 e. The quantitative estimate of drug-likeness (QED) is 0.278. The number of amides is 2. The summed E-state index contributed by atoms with van der Waals surface area (Å²) in [5.41, 5.74) is 0.878. The van der Waals surface area contributed by atoms with E-state index in [0.717, 1.165) is 78.8 Å². The summed E-state index contributed by atoms with van der Waals surface area (Å²) in [5.74, 6) is -0.244. The molecule has 2 N–H and O–H groups in total. The molecular weight excluding hydrogens is 426 g/mol. The molecule has 1 heterocycles. The molecule has 0 bridgehead atoms. The summed E-state index contributed by atoms with van der Waals surface area (Å²) in [7, 11) is 0. The van der Waals surface area contributed by atoms with Gasteiger partial charge in [-0.1, -0.05) is 68.9 Å². The van der Waals surface area contributed by atoms with Crippen LogP contribution in [0.15, 0.2) is 41.3 Å². The van der Waals surface area contributed by atoms with E-state index >= 15 is 0 Å². The molecule has 0 aromatic heterocycles. The molecule has 1 saturated heterocycles. The number of benzene rings is 2. The average molecular weight is 456 g/mol. The number of carbonyl (C=O) groups excluding carboxylic acids is 2. The van der Waals surface area contributed by atoms with Crippen molar-refractivity contribution in [1.82, 2.24) is 5.32 Å².